The number of sulfone groups is 1. The lowest BCUT2D eigenvalue weighted by Crippen LogP contribution is -2.47. The van der Waals surface area contributed by atoms with Crippen LogP contribution in [0.25, 0.3) is 0 Å². The molecule has 6 nitrogen and oxygen atoms in total. The second-order valence-corrected chi connectivity index (χ2v) is 6.45. The van der Waals surface area contributed by atoms with E-state index in [-0.39, 0.29) is 10.9 Å². The topological polar surface area (TPSA) is 88.2 Å². The number of nitrogens with one attached hydrogen (secondary N) is 2. The van der Waals surface area contributed by atoms with Gasteiger partial charge in [0.1, 0.15) is 0 Å². The zero-order valence-electron chi connectivity index (χ0n) is 10.8. The van der Waals surface area contributed by atoms with E-state index >= 15 is 0 Å². The Morgan fingerprint density at radius 3 is 2.33 bits per heavy atom. The van der Waals surface area contributed by atoms with Gasteiger partial charge in [0, 0.05) is 6.26 Å². The van der Waals surface area contributed by atoms with Crippen molar-refractivity contribution in [3.63, 3.8) is 0 Å². The maximum absolute atomic E-state index is 11.8. The van der Waals surface area contributed by atoms with Gasteiger partial charge in [0.15, 0.2) is 14.9 Å². The number of hydrogen-bond donors (Lipinski definition) is 2. The van der Waals surface area contributed by atoms with E-state index in [4.69, 9.17) is 0 Å². The summed E-state index contributed by atoms with van der Waals surface area (Å²) >= 11 is 0. The van der Waals surface area contributed by atoms with E-state index in [1.807, 2.05) is 0 Å². The van der Waals surface area contributed by atoms with Crippen molar-refractivity contribution in [2.75, 3.05) is 18.6 Å². The number of amides is 1. The Bertz CT molecular complexity index is 535. The lowest BCUT2D eigenvalue weighted by atomic mass is 10.1. The highest BCUT2D eigenvalue weighted by atomic mass is 32.2. The lowest BCUT2D eigenvalue weighted by molar-refractivity contribution is -0.121. The average Bonchev–Trinajstić information content (AvgIpc) is 2.28. The number of carbonyl (C=O) groups is 1. The van der Waals surface area contributed by atoms with Crippen LogP contribution in [0.1, 0.15) is 13.8 Å². The van der Waals surface area contributed by atoms with Crippen molar-refractivity contribution in [2.24, 2.45) is 0 Å². The molecule has 100 valence electrons. The molecule has 0 bridgehead atoms. The molecule has 0 radical (unpaired) electrons. The summed E-state index contributed by atoms with van der Waals surface area (Å²) < 4.78 is 22.4. The highest BCUT2D eigenvalue weighted by Crippen LogP contribution is 2.12. The van der Waals surface area contributed by atoms with Crippen molar-refractivity contribution in [3.8, 4) is 0 Å². The van der Waals surface area contributed by atoms with E-state index in [1.165, 1.54) is 18.3 Å². The minimum atomic E-state index is -3.32. The number of hydrogen-bond acceptors (Lipinski definition) is 5. The maximum atomic E-state index is 11.8. The molecule has 0 saturated carbocycles. The second kappa shape index (κ2) is 5.03. The first-order valence-electron chi connectivity index (χ1n) is 5.33. The highest BCUT2D eigenvalue weighted by molar-refractivity contribution is 7.90. The van der Waals surface area contributed by atoms with Gasteiger partial charge in [-0.3, -0.25) is 4.79 Å². The van der Waals surface area contributed by atoms with Gasteiger partial charge < -0.3 is 10.6 Å². The summed E-state index contributed by atoms with van der Waals surface area (Å²) in [6, 6.07) is 2.87. The Morgan fingerprint density at radius 2 is 1.94 bits per heavy atom. The molecule has 7 heteroatoms. The first-order valence-corrected chi connectivity index (χ1v) is 7.22. The van der Waals surface area contributed by atoms with Crippen molar-refractivity contribution in [2.45, 2.75) is 24.4 Å². The summed E-state index contributed by atoms with van der Waals surface area (Å²) in [4.78, 5) is 15.6. The third kappa shape index (κ3) is 3.51. The molecule has 0 aromatic carbocycles. The number of nitrogens with zero attached hydrogens (tertiary/aromatic N) is 1. The fourth-order valence-electron chi connectivity index (χ4n) is 1.07. The zero-order valence-corrected chi connectivity index (χ0v) is 11.6. The van der Waals surface area contributed by atoms with Crippen LogP contribution in [-0.2, 0) is 14.6 Å². The van der Waals surface area contributed by atoms with Crippen LogP contribution in [0.2, 0.25) is 0 Å². The van der Waals surface area contributed by atoms with Gasteiger partial charge in [0.25, 0.3) is 0 Å². The Morgan fingerprint density at radius 1 is 1.33 bits per heavy atom. The number of anilines is 1. The maximum Gasteiger partial charge on any atom is 0.244 e. The van der Waals surface area contributed by atoms with E-state index in [9.17, 15) is 13.2 Å². The molecule has 2 N–H and O–H groups in total. The number of likely N-dealkylation sites (N-methyl/N-ethyl adjacent to an activating group) is 1. The molecule has 18 heavy (non-hydrogen) atoms. The predicted octanol–water partition coefficient (Wildman–Crippen LogP) is 0.422. The molecule has 1 heterocycles. The molecular formula is C11H17N3O3S. The van der Waals surface area contributed by atoms with Crippen LogP contribution in [0.4, 0.5) is 5.69 Å². The summed E-state index contributed by atoms with van der Waals surface area (Å²) in [5.74, 6) is -0.223. The molecule has 0 aliphatic heterocycles. The molecular weight excluding hydrogens is 254 g/mol. The first kappa shape index (κ1) is 14.6. The number of carbonyl (C=O) groups excluding carboxylic acids is 1. The molecule has 0 spiro atoms. The minimum absolute atomic E-state index is 0.0200. The first-order chi connectivity index (χ1) is 8.16. The molecule has 0 saturated heterocycles. The summed E-state index contributed by atoms with van der Waals surface area (Å²) in [5, 5.41) is 5.50. The Balaban J connectivity index is 2.86. The summed E-state index contributed by atoms with van der Waals surface area (Å²) in [5.41, 5.74) is -0.258. The van der Waals surface area contributed by atoms with E-state index in [1.54, 1.807) is 20.9 Å². The van der Waals surface area contributed by atoms with Crippen molar-refractivity contribution >= 4 is 21.4 Å². The SMILES string of the molecule is CNC(C)(C)C(=O)Nc1ccc(S(C)(=O)=O)nc1. The van der Waals surface area contributed by atoms with E-state index in [2.05, 4.69) is 15.6 Å². The van der Waals surface area contributed by atoms with Crippen molar-refractivity contribution in [1.82, 2.24) is 10.3 Å². The Hall–Kier alpha value is -1.47. The van der Waals surface area contributed by atoms with Gasteiger partial charge in [-0.15, -0.1) is 0 Å². The molecule has 0 unspecified atom stereocenters. The highest BCUT2D eigenvalue weighted by Gasteiger charge is 2.25. The zero-order chi connectivity index (χ0) is 14.0. The Kier molecular flexibility index (Phi) is 4.08. The van der Waals surface area contributed by atoms with Gasteiger partial charge in [-0.25, -0.2) is 13.4 Å². The molecule has 1 aromatic heterocycles. The van der Waals surface area contributed by atoms with Crippen LogP contribution in [0, 0.1) is 0 Å². The van der Waals surface area contributed by atoms with Crippen molar-refractivity contribution in [1.29, 1.82) is 0 Å². The fourth-order valence-corrected chi connectivity index (χ4v) is 1.63. The van der Waals surface area contributed by atoms with Gasteiger partial charge in [0.2, 0.25) is 5.91 Å². The lowest BCUT2D eigenvalue weighted by Gasteiger charge is -2.22. The van der Waals surface area contributed by atoms with Gasteiger partial charge in [-0.1, -0.05) is 0 Å². The fraction of sp³-hybridized carbons (Fsp3) is 0.455. The van der Waals surface area contributed by atoms with Crippen LogP contribution in [-0.4, -0.2) is 38.2 Å². The number of pyridine rings is 1. The Labute approximate surface area is 107 Å². The smallest absolute Gasteiger partial charge is 0.244 e. The van der Waals surface area contributed by atoms with Crippen LogP contribution in [0.5, 0.6) is 0 Å². The number of aromatic nitrogens is 1. The van der Waals surface area contributed by atoms with Crippen molar-refractivity contribution in [3.05, 3.63) is 18.3 Å². The van der Waals surface area contributed by atoms with E-state index in [0.29, 0.717) is 5.69 Å². The summed E-state index contributed by atoms with van der Waals surface area (Å²) in [6.07, 6.45) is 2.40. The van der Waals surface area contributed by atoms with Crippen LogP contribution in [0.15, 0.2) is 23.4 Å². The van der Waals surface area contributed by atoms with E-state index < -0.39 is 15.4 Å². The largest absolute Gasteiger partial charge is 0.323 e. The monoisotopic (exact) mass is 271 g/mol. The average molecular weight is 271 g/mol. The predicted molar refractivity (Wildman–Crippen MR) is 69.1 cm³/mol. The van der Waals surface area contributed by atoms with Crippen LogP contribution in [0.3, 0.4) is 0 Å². The molecule has 1 rings (SSSR count). The van der Waals surface area contributed by atoms with Gasteiger partial charge >= 0.3 is 0 Å². The molecule has 0 fully saturated rings. The summed E-state index contributed by atoms with van der Waals surface area (Å²) in [7, 11) is -1.63. The third-order valence-electron chi connectivity index (χ3n) is 2.57. The second-order valence-electron chi connectivity index (χ2n) is 4.49. The van der Waals surface area contributed by atoms with Crippen LogP contribution >= 0.6 is 0 Å². The summed E-state index contributed by atoms with van der Waals surface area (Å²) in [6.45, 7) is 3.47. The minimum Gasteiger partial charge on any atom is -0.323 e. The molecule has 0 aliphatic carbocycles. The number of rotatable bonds is 4. The van der Waals surface area contributed by atoms with Gasteiger partial charge in [-0.2, -0.15) is 0 Å². The molecule has 0 aliphatic rings. The third-order valence-corrected chi connectivity index (χ3v) is 3.57. The van der Waals surface area contributed by atoms with Gasteiger partial charge in [0.05, 0.1) is 17.4 Å². The quantitative estimate of drug-likeness (QED) is 0.828. The molecule has 0 atom stereocenters. The molecule has 1 amide bonds. The van der Waals surface area contributed by atoms with Gasteiger partial charge in [-0.05, 0) is 33.0 Å². The molecule has 1 aromatic rings. The standard InChI is InChI=1S/C11H17N3O3S/c1-11(2,12-3)10(15)14-8-5-6-9(13-7-8)18(4,16)17/h5-7,12H,1-4H3,(H,14,15). The van der Waals surface area contributed by atoms with Crippen molar-refractivity contribution < 1.29 is 13.2 Å². The normalized spacial score (nSPS) is 12.2. The van der Waals surface area contributed by atoms with E-state index in [0.717, 1.165) is 6.26 Å². The van der Waals surface area contributed by atoms with Crippen LogP contribution < -0.4 is 10.6 Å².